The smallest absolute Gasteiger partial charge is 0.233 e. The Kier molecular flexibility index (Phi) is 2.93. The van der Waals surface area contributed by atoms with Crippen molar-refractivity contribution in [3.63, 3.8) is 0 Å². The summed E-state index contributed by atoms with van der Waals surface area (Å²) in [5, 5.41) is 4.24. The van der Waals surface area contributed by atoms with Gasteiger partial charge in [0.05, 0.1) is 5.41 Å². The summed E-state index contributed by atoms with van der Waals surface area (Å²) in [6.07, 6.45) is 6.32. The molecule has 100 valence electrons. The number of fused-ring (bicyclic) bond motifs is 2. The number of nitrogens with zero attached hydrogens (tertiary/aromatic N) is 2. The van der Waals surface area contributed by atoms with Crippen LogP contribution in [0.1, 0.15) is 63.6 Å². The van der Waals surface area contributed by atoms with Gasteiger partial charge in [0, 0.05) is 12.5 Å². The van der Waals surface area contributed by atoms with Crippen molar-refractivity contribution in [3.8, 4) is 0 Å². The van der Waals surface area contributed by atoms with E-state index in [0.717, 1.165) is 30.0 Å². The zero-order valence-corrected chi connectivity index (χ0v) is 11.4. The lowest BCUT2D eigenvalue weighted by molar-refractivity contribution is 0.286. The second kappa shape index (κ2) is 4.34. The zero-order chi connectivity index (χ0) is 12.8. The predicted octanol–water partition coefficient (Wildman–Crippen LogP) is 2.60. The third kappa shape index (κ3) is 1.78. The first-order chi connectivity index (χ1) is 8.66. The van der Waals surface area contributed by atoms with Gasteiger partial charge < -0.3 is 10.3 Å². The van der Waals surface area contributed by atoms with Crippen LogP contribution >= 0.6 is 0 Å². The van der Waals surface area contributed by atoms with Gasteiger partial charge in [-0.15, -0.1) is 0 Å². The van der Waals surface area contributed by atoms with Gasteiger partial charge in [0.1, 0.15) is 0 Å². The number of aromatic nitrogens is 2. The molecular formula is C14H23N3O. The van der Waals surface area contributed by atoms with Gasteiger partial charge in [0.25, 0.3) is 0 Å². The van der Waals surface area contributed by atoms with Crippen LogP contribution in [-0.2, 0) is 5.41 Å². The first-order valence-electron chi connectivity index (χ1n) is 7.20. The van der Waals surface area contributed by atoms with Crippen LogP contribution in [0.2, 0.25) is 0 Å². The standard InChI is InChI=1S/C14H23N3O/c1-3-14(2,8-15)13-16-12(17-18-13)11-7-9-4-5-10(11)6-9/h9-11H,3-8,15H2,1-2H3. The molecule has 0 aliphatic heterocycles. The van der Waals surface area contributed by atoms with Crippen LogP contribution in [0.15, 0.2) is 4.52 Å². The van der Waals surface area contributed by atoms with E-state index < -0.39 is 0 Å². The lowest BCUT2D eigenvalue weighted by Gasteiger charge is -2.21. The fraction of sp³-hybridized carbons (Fsp3) is 0.857. The lowest BCUT2D eigenvalue weighted by atomic mass is 9.86. The molecule has 3 rings (SSSR count). The highest BCUT2D eigenvalue weighted by molar-refractivity contribution is 5.10. The predicted molar refractivity (Wildman–Crippen MR) is 69.2 cm³/mol. The molecule has 4 unspecified atom stereocenters. The van der Waals surface area contributed by atoms with Gasteiger partial charge >= 0.3 is 0 Å². The molecular weight excluding hydrogens is 226 g/mol. The summed E-state index contributed by atoms with van der Waals surface area (Å²) in [6.45, 7) is 4.78. The average molecular weight is 249 g/mol. The second-order valence-corrected chi connectivity index (χ2v) is 6.36. The van der Waals surface area contributed by atoms with Crippen molar-refractivity contribution in [3.05, 3.63) is 11.7 Å². The molecule has 4 heteroatoms. The maximum Gasteiger partial charge on any atom is 0.233 e. The van der Waals surface area contributed by atoms with Crippen molar-refractivity contribution in [2.45, 2.75) is 57.3 Å². The van der Waals surface area contributed by atoms with Crippen LogP contribution in [-0.4, -0.2) is 16.7 Å². The number of rotatable bonds is 4. The maximum atomic E-state index is 5.85. The average Bonchev–Trinajstić information content (AvgIpc) is 3.12. The van der Waals surface area contributed by atoms with E-state index in [1.54, 1.807) is 0 Å². The van der Waals surface area contributed by atoms with E-state index in [4.69, 9.17) is 10.3 Å². The minimum Gasteiger partial charge on any atom is -0.339 e. The lowest BCUT2D eigenvalue weighted by Crippen LogP contribution is -2.31. The molecule has 1 aromatic rings. The van der Waals surface area contributed by atoms with Gasteiger partial charge in [-0.3, -0.25) is 0 Å². The van der Waals surface area contributed by atoms with Crippen LogP contribution in [0.5, 0.6) is 0 Å². The minimum absolute atomic E-state index is 0.164. The molecule has 1 aromatic heterocycles. The van der Waals surface area contributed by atoms with E-state index in [0.29, 0.717) is 12.5 Å². The van der Waals surface area contributed by atoms with E-state index in [9.17, 15) is 0 Å². The Labute approximate surface area is 108 Å². The summed E-state index contributed by atoms with van der Waals surface area (Å²) in [6, 6.07) is 0. The molecule has 18 heavy (non-hydrogen) atoms. The van der Waals surface area contributed by atoms with E-state index in [2.05, 4.69) is 24.0 Å². The first kappa shape index (κ1) is 12.2. The fourth-order valence-electron chi connectivity index (χ4n) is 3.57. The van der Waals surface area contributed by atoms with Crippen molar-refractivity contribution >= 4 is 0 Å². The summed E-state index contributed by atoms with van der Waals surface area (Å²) in [7, 11) is 0. The Hall–Kier alpha value is -0.900. The van der Waals surface area contributed by atoms with Crippen LogP contribution in [0.4, 0.5) is 0 Å². The zero-order valence-electron chi connectivity index (χ0n) is 11.4. The molecule has 0 aromatic carbocycles. The fourth-order valence-corrected chi connectivity index (χ4v) is 3.57. The van der Waals surface area contributed by atoms with Gasteiger partial charge in [-0.25, -0.2) is 0 Å². The Bertz CT molecular complexity index is 424. The molecule has 2 aliphatic rings. The number of hydrogen-bond donors (Lipinski definition) is 1. The van der Waals surface area contributed by atoms with Gasteiger partial charge in [-0.1, -0.05) is 18.5 Å². The largest absolute Gasteiger partial charge is 0.339 e. The molecule has 2 N–H and O–H groups in total. The Morgan fingerprint density at radius 3 is 2.78 bits per heavy atom. The van der Waals surface area contributed by atoms with Crippen LogP contribution in [0.25, 0.3) is 0 Å². The molecule has 2 bridgehead atoms. The van der Waals surface area contributed by atoms with Gasteiger partial charge in [-0.2, -0.15) is 4.98 Å². The molecule has 1 heterocycles. The van der Waals surface area contributed by atoms with Gasteiger partial charge in [0.2, 0.25) is 5.89 Å². The van der Waals surface area contributed by atoms with Gasteiger partial charge in [0.15, 0.2) is 5.82 Å². The van der Waals surface area contributed by atoms with Crippen LogP contribution in [0.3, 0.4) is 0 Å². The quantitative estimate of drug-likeness (QED) is 0.890. The molecule has 0 radical (unpaired) electrons. The molecule has 0 spiro atoms. The molecule has 4 atom stereocenters. The Balaban J connectivity index is 1.81. The summed E-state index contributed by atoms with van der Waals surface area (Å²) in [5.74, 6) is 3.91. The van der Waals surface area contributed by atoms with E-state index >= 15 is 0 Å². The second-order valence-electron chi connectivity index (χ2n) is 6.36. The van der Waals surface area contributed by atoms with Crippen molar-refractivity contribution < 1.29 is 4.52 Å². The molecule has 0 saturated heterocycles. The highest BCUT2D eigenvalue weighted by Gasteiger charge is 2.43. The maximum absolute atomic E-state index is 5.85. The molecule has 0 amide bonds. The monoisotopic (exact) mass is 249 g/mol. The molecule has 2 saturated carbocycles. The highest BCUT2D eigenvalue weighted by Crippen LogP contribution is 2.52. The molecule has 2 aliphatic carbocycles. The summed E-state index contributed by atoms with van der Waals surface area (Å²) >= 11 is 0. The first-order valence-corrected chi connectivity index (χ1v) is 7.20. The SMILES string of the molecule is CCC(C)(CN)c1nc(C2CC3CCC2C3)no1. The van der Waals surface area contributed by atoms with Crippen molar-refractivity contribution in [2.24, 2.45) is 17.6 Å². The summed E-state index contributed by atoms with van der Waals surface area (Å²) in [5.41, 5.74) is 5.68. The normalized spacial score (nSPS) is 33.8. The summed E-state index contributed by atoms with van der Waals surface area (Å²) in [4.78, 5) is 4.67. The van der Waals surface area contributed by atoms with E-state index in [1.165, 1.54) is 25.7 Å². The molecule has 2 fully saturated rings. The number of nitrogens with two attached hydrogens (primary N) is 1. The minimum atomic E-state index is -0.164. The van der Waals surface area contributed by atoms with Crippen molar-refractivity contribution in [1.82, 2.24) is 10.1 Å². The third-order valence-electron chi connectivity index (χ3n) is 5.26. The topological polar surface area (TPSA) is 64.9 Å². The van der Waals surface area contributed by atoms with E-state index in [-0.39, 0.29) is 5.41 Å². The molecule has 4 nitrogen and oxygen atoms in total. The Morgan fingerprint density at radius 1 is 1.39 bits per heavy atom. The van der Waals surface area contributed by atoms with Crippen molar-refractivity contribution in [1.29, 1.82) is 0 Å². The Morgan fingerprint density at radius 2 is 2.22 bits per heavy atom. The van der Waals surface area contributed by atoms with Crippen LogP contribution < -0.4 is 5.73 Å². The van der Waals surface area contributed by atoms with Crippen LogP contribution in [0, 0.1) is 11.8 Å². The number of hydrogen-bond acceptors (Lipinski definition) is 4. The van der Waals surface area contributed by atoms with Crippen molar-refractivity contribution in [2.75, 3.05) is 6.54 Å². The highest BCUT2D eigenvalue weighted by atomic mass is 16.5. The summed E-state index contributed by atoms with van der Waals surface area (Å²) < 4.78 is 5.49. The third-order valence-corrected chi connectivity index (χ3v) is 5.26. The van der Waals surface area contributed by atoms with E-state index in [1.807, 2.05) is 0 Å². The van der Waals surface area contributed by atoms with Gasteiger partial charge in [-0.05, 0) is 44.4 Å².